The van der Waals surface area contributed by atoms with Gasteiger partial charge in [0.25, 0.3) is 0 Å². The second-order valence-electron chi connectivity index (χ2n) is 5.10. The Balaban J connectivity index is 2.31. The van der Waals surface area contributed by atoms with Crippen LogP contribution in [0.4, 0.5) is 0 Å². The molecule has 0 aliphatic heterocycles. The molecule has 3 heteroatoms. The number of nitrogens with zero attached hydrogens (tertiary/aromatic N) is 1. The Morgan fingerprint density at radius 1 is 1.26 bits per heavy atom. The molecule has 2 N–H and O–H groups in total. The van der Waals surface area contributed by atoms with Gasteiger partial charge in [-0.3, -0.25) is 4.79 Å². The molecule has 1 aromatic carbocycles. The summed E-state index contributed by atoms with van der Waals surface area (Å²) in [7, 11) is 1.85. The van der Waals surface area contributed by atoms with Crippen molar-refractivity contribution in [3.8, 4) is 0 Å². The van der Waals surface area contributed by atoms with Gasteiger partial charge in [0.1, 0.15) is 0 Å². The lowest BCUT2D eigenvalue weighted by atomic mass is 10.0. The molecule has 0 radical (unpaired) electrons. The van der Waals surface area contributed by atoms with E-state index in [0.29, 0.717) is 6.42 Å². The van der Waals surface area contributed by atoms with E-state index in [1.54, 1.807) is 4.90 Å². The molecule has 1 atom stereocenters. The molecular weight excluding hydrogens is 236 g/mol. The fourth-order valence-electron chi connectivity index (χ4n) is 2.08. The number of rotatable bonds is 8. The van der Waals surface area contributed by atoms with Crippen LogP contribution in [0, 0.1) is 0 Å². The lowest BCUT2D eigenvalue weighted by Crippen LogP contribution is -2.42. The van der Waals surface area contributed by atoms with Crippen molar-refractivity contribution in [2.24, 2.45) is 5.73 Å². The highest BCUT2D eigenvalue weighted by Crippen LogP contribution is 2.06. The van der Waals surface area contributed by atoms with Gasteiger partial charge in [-0.05, 0) is 24.8 Å². The summed E-state index contributed by atoms with van der Waals surface area (Å²) in [4.78, 5) is 13.8. The van der Waals surface area contributed by atoms with E-state index in [1.165, 1.54) is 12.0 Å². The molecule has 1 amide bonds. The lowest BCUT2D eigenvalue weighted by molar-refractivity contribution is -0.131. The number of carbonyl (C=O) groups is 1. The fourth-order valence-corrected chi connectivity index (χ4v) is 2.08. The molecule has 0 aromatic heterocycles. The molecule has 1 rings (SSSR count). The van der Waals surface area contributed by atoms with Crippen molar-refractivity contribution in [3.05, 3.63) is 35.9 Å². The highest BCUT2D eigenvalue weighted by molar-refractivity contribution is 5.81. The maximum atomic E-state index is 12.1. The van der Waals surface area contributed by atoms with Gasteiger partial charge >= 0.3 is 0 Å². The van der Waals surface area contributed by atoms with E-state index < -0.39 is 0 Å². The molecular formula is C16H26N2O. The SMILES string of the molecule is CCCCCN(C)C(=O)C(N)CCc1ccccc1. The molecule has 0 aliphatic rings. The van der Waals surface area contributed by atoms with Crippen LogP contribution in [0.15, 0.2) is 30.3 Å². The molecule has 3 nitrogen and oxygen atoms in total. The topological polar surface area (TPSA) is 46.3 Å². The van der Waals surface area contributed by atoms with Gasteiger partial charge in [0, 0.05) is 13.6 Å². The molecule has 106 valence electrons. The summed E-state index contributed by atoms with van der Waals surface area (Å²) in [6, 6.07) is 9.78. The number of amides is 1. The van der Waals surface area contributed by atoms with Crippen LogP contribution < -0.4 is 5.73 Å². The average molecular weight is 262 g/mol. The van der Waals surface area contributed by atoms with Crippen molar-refractivity contribution in [3.63, 3.8) is 0 Å². The first-order chi connectivity index (χ1) is 9.15. The van der Waals surface area contributed by atoms with Gasteiger partial charge in [0.15, 0.2) is 0 Å². The molecule has 1 aromatic rings. The Bertz CT molecular complexity index is 364. The highest BCUT2D eigenvalue weighted by Gasteiger charge is 2.17. The summed E-state index contributed by atoms with van der Waals surface area (Å²) in [5, 5.41) is 0. The Labute approximate surface area is 116 Å². The van der Waals surface area contributed by atoms with Crippen molar-refractivity contribution in [2.75, 3.05) is 13.6 Å². The second kappa shape index (κ2) is 8.70. The van der Waals surface area contributed by atoms with Gasteiger partial charge in [0.05, 0.1) is 6.04 Å². The van der Waals surface area contributed by atoms with Crippen LogP contribution in [0.5, 0.6) is 0 Å². The third kappa shape index (κ3) is 5.88. The molecule has 1 unspecified atom stereocenters. The smallest absolute Gasteiger partial charge is 0.239 e. The number of nitrogens with two attached hydrogens (primary N) is 1. The largest absolute Gasteiger partial charge is 0.344 e. The third-order valence-corrected chi connectivity index (χ3v) is 3.38. The zero-order valence-electron chi connectivity index (χ0n) is 12.1. The minimum atomic E-state index is -0.383. The van der Waals surface area contributed by atoms with E-state index >= 15 is 0 Å². The monoisotopic (exact) mass is 262 g/mol. The Kier molecular flexibility index (Phi) is 7.19. The Hall–Kier alpha value is -1.35. The lowest BCUT2D eigenvalue weighted by Gasteiger charge is -2.21. The minimum absolute atomic E-state index is 0.0621. The molecule has 0 saturated carbocycles. The van der Waals surface area contributed by atoms with Crippen molar-refractivity contribution in [2.45, 2.75) is 45.1 Å². The molecule has 0 fully saturated rings. The summed E-state index contributed by atoms with van der Waals surface area (Å²) < 4.78 is 0. The van der Waals surface area contributed by atoms with E-state index in [1.807, 2.05) is 25.2 Å². The van der Waals surface area contributed by atoms with Crippen molar-refractivity contribution >= 4 is 5.91 Å². The maximum absolute atomic E-state index is 12.1. The van der Waals surface area contributed by atoms with Gasteiger partial charge in [-0.25, -0.2) is 0 Å². The van der Waals surface area contributed by atoms with Gasteiger partial charge in [-0.2, -0.15) is 0 Å². The normalized spacial score (nSPS) is 12.2. The first-order valence-corrected chi connectivity index (χ1v) is 7.19. The zero-order valence-corrected chi connectivity index (χ0v) is 12.1. The number of benzene rings is 1. The summed E-state index contributed by atoms with van der Waals surface area (Å²) in [5.74, 6) is 0.0621. The van der Waals surface area contributed by atoms with Crippen LogP contribution >= 0.6 is 0 Å². The van der Waals surface area contributed by atoms with E-state index in [9.17, 15) is 4.79 Å². The van der Waals surface area contributed by atoms with E-state index in [0.717, 1.165) is 25.8 Å². The van der Waals surface area contributed by atoms with Crippen molar-refractivity contribution in [1.82, 2.24) is 4.90 Å². The first kappa shape index (κ1) is 15.7. The minimum Gasteiger partial charge on any atom is -0.344 e. The van der Waals surface area contributed by atoms with Crippen LogP contribution in [0.1, 0.15) is 38.2 Å². The quantitative estimate of drug-likeness (QED) is 0.732. The number of likely N-dealkylation sites (N-methyl/N-ethyl adjacent to an activating group) is 1. The van der Waals surface area contributed by atoms with Crippen molar-refractivity contribution < 1.29 is 4.79 Å². The van der Waals surface area contributed by atoms with Gasteiger partial charge in [-0.1, -0.05) is 50.1 Å². The van der Waals surface area contributed by atoms with Crippen LogP contribution in [0.25, 0.3) is 0 Å². The van der Waals surface area contributed by atoms with Gasteiger partial charge < -0.3 is 10.6 Å². The number of aryl methyl sites for hydroxylation is 1. The predicted molar refractivity (Wildman–Crippen MR) is 79.9 cm³/mol. The summed E-state index contributed by atoms with van der Waals surface area (Å²) in [5.41, 5.74) is 7.21. The van der Waals surface area contributed by atoms with E-state index in [2.05, 4.69) is 19.1 Å². The first-order valence-electron chi connectivity index (χ1n) is 7.19. The number of hydrogen-bond donors (Lipinski definition) is 1. The Morgan fingerprint density at radius 2 is 1.95 bits per heavy atom. The van der Waals surface area contributed by atoms with Crippen LogP contribution in [0.3, 0.4) is 0 Å². The zero-order chi connectivity index (χ0) is 14.1. The van der Waals surface area contributed by atoms with Crippen LogP contribution in [0.2, 0.25) is 0 Å². The predicted octanol–water partition coefficient (Wildman–Crippen LogP) is 2.60. The van der Waals surface area contributed by atoms with Crippen LogP contribution in [-0.2, 0) is 11.2 Å². The third-order valence-electron chi connectivity index (χ3n) is 3.38. The van der Waals surface area contributed by atoms with Gasteiger partial charge in [0.2, 0.25) is 5.91 Å². The maximum Gasteiger partial charge on any atom is 0.239 e. The van der Waals surface area contributed by atoms with E-state index in [-0.39, 0.29) is 11.9 Å². The average Bonchev–Trinajstić information content (AvgIpc) is 2.45. The molecule has 0 bridgehead atoms. The van der Waals surface area contributed by atoms with E-state index in [4.69, 9.17) is 5.73 Å². The van der Waals surface area contributed by atoms with Crippen molar-refractivity contribution in [1.29, 1.82) is 0 Å². The summed E-state index contributed by atoms with van der Waals surface area (Å²) in [6.07, 6.45) is 4.96. The van der Waals surface area contributed by atoms with Gasteiger partial charge in [-0.15, -0.1) is 0 Å². The molecule has 0 heterocycles. The number of carbonyl (C=O) groups excluding carboxylic acids is 1. The standard InChI is InChI=1S/C16H26N2O/c1-3-4-8-13-18(2)16(19)15(17)12-11-14-9-6-5-7-10-14/h5-7,9-10,15H,3-4,8,11-13,17H2,1-2H3. The fraction of sp³-hybridized carbons (Fsp3) is 0.562. The molecule has 0 aliphatic carbocycles. The second-order valence-corrected chi connectivity index (χ2v) is 5.10. The summed E-state index contributed by atoms with van der Waals surface area (Å²) in [6.45, 7) is 2.97. The number of hydrogen-bond acceptors (Lipinski definition) is 2. The molecule has 0 spiro atoms. The molecule has 0 saturated heterocycles. The Morgan fingerprint density at radius 3 is 2.58 bits per heavy atom. The summed E-state index contributed by atoms with van der Waals surface area (Å²) >= 11 is 0. The number of unbranched alkanes of at least 4 members (excludes halogenated alkanes) is 2. The molecule has 19 heavy (non-hydrogen) atoms. The van der Waals surface area contributed by atoms with Crippen LogP contribution in [-0.4, -0.2) is 30.4 Å². The highest BCUT2D eigenvalue weighted by atomic mass is 16.2.